The van der Waals surface area contributed by atoms with Gasteiger partial charge in [-0.1, -0.05) is 42.5 Å². The van der Waals surface area contributed by atoms with E-state index in [0.717, 1.165) is 11.1 Å². The minimum absolute atomic E-state index is 0.0577. The molecule has 2 aromatic heterocycles. The number of carbonyl (C=O) groups excluding carboxylic acids is 1. The van der Waals surface area contributed by atoms with Gasteiger partial charge in [-0.05, 0) is 23.3 Å². The third kappa shape index (κ3) is 4.58. The number of nitrogens with one attached hydrogen (secondary N) is 1. The maximum absolute atomic E-state index is 12.5. The van der Waals surface area contributed by atoms with Crippen molar-refractivity contribution in [3.63, 3.8) is 0 Å². The van der Waals surface area contributed by atoms with Crippen LogP contribution in [-0.2, 0) is 13.1 Å². The van der Waals surface area contributed by atoms with Crippen molar-refractivity contribution in [3.05, 3.63) is 106 Å². The summed E-state index contributed by atoms with van der Waals surface area (Å²) in [5, 5.41) is 21.9. The highest BCUT2D eigenvalue weighted by atomic mass is 16.6. The smallest absolute Gasteiger partial charge is 0.305 e. The SMILES string of the molecule is O=C(Nc1ccn(Cc2ccccc2)n1)c1ccc(Cn2cc([N+](=O)[O-])cn2)cc1. The van der Waals surface area contributed by atoms with Gasteiger partial charge in [0.1, 0.15) is 12.4 Å². The van der Waals surface area contributed by atoms with Crippen LogP contribution in [0.3, 0.4) is 0 Å². The molecule has 0 fully saturated rings. The largest absolute Gasteiger partial charge is 0.307 e. The second-order valence-corrected chi connectivity index (χ2v) is 6.69. The number of nitrogens with zero attached hydrogens (tertiary/aromatic N) is 5. The van der Waals surface area contributed by atoms with Crippen molar-refractivity contribution in [1.82, 2.24) is 19.6 Å². The van der Waals surface area contributed by atoms with Crippen molar-refractivity contribution in [2.75, 3.05) is 5.32 Å². The minimum atomic E-state index is -0.488. The monoisotopic (exact) mass is 402 g/mol. The molecule has 0 atom stereocenters. The molecular formula is C21H18N6O3. The summed E-state index contributed by atoms with van der Waals surface area (Å²) in [6, 6.07) is 18.7. The summed E-state index contributed by atoms with van der Waals surface area (Å²) in [5.74, 6) is 0.213. The number of anilines is 1. The maximum atomic E-state index is 12.5. The van der Waals surface area contributed by atoms with Crippen molar-refractivity contribution in [2.24, 2.45) is 0 Å². The van der Waals surface area contributed by atoms with Crippen LogP contribution < -0.4 is 5.32 Å². The van der Waals surface area contributed by atoms with E-state index in [2.05, 4.69) is 15.5 Å². The van der Waals surface area contributed by atoms with E-state index in [0.29, 0.717) is 24.5 Å². The fraction of sp³-hybridized carbons (Fsp3) is 0.0952. The molecule has 0 saturated heterocycles. The molecule has 4 rings (SSSR count). The molecule has 0 bridgehead atoms. The third-order valence-electron chi connectivity index (χ3n) is 4.46. The van der Waals surface area contributed by atoms with E-state index >= 15 is 0 Å². The molecule has 0 radical (unpaired) electrons. The highest BCUT2D eigenvalue weighted by Crippen LogP contribution is 2.13. The number of carbonyl (C=O) groups is 1. The molecule has 0 unspecified atom stereocenters. The van der Waals surface area contributed by atoms with Crippen LogP contribution in [0.1, 0.15) is 21.5 Å². The van der Waals surface area contributed by atoms with Crippen LogP contribution in [0.25, 0.3) is 0 Å². The van der Waals surface area contributed by atoms with E-state index in [9.17, 15) is 14.9 Å². The summed E-state index contributed by atoms with van der Waals surface area (Å²) in [4.78, 5) is 22.7. The van der Waals surface area contributed by atoms with Crippen LogP contribution in [0, 0.1) is 10.1 Å². The number of rotatable bonds is 7. The highest BCUT2D eigenvalue weighted by Gasteiger charge is 2.11. The standard InChI is InChI=1S/C21H18N6O3/c28-21(23-20-10-11-25(24-20)13-16-4-2-1-3-5-16)18-8-6-17(7-9-18)14-26-15-19(12-22-26)27(29)30/h1-12,15H,13-14H2,(H,23,24,28). The summed E-state index contributed by atoms with van der Waals surface area (Å²) in [6.07, 6.45) is 4.39. The summed E-state index contributed by atoms with van der Waals surface area (Å²) in [7, 11) is 0. The molecule has 30 heavy (non-hydrogen) atoms. The zero-order chi connectivity index (χ0) is 20.9. The van der Waals surface area contributed by atoms with Gasteiger partial charge in [-0.25, -0.2) is 0 Å². The quantitative estimate of drug-likeness (QED) is 0.377. The van der Waals surface area contributed by atoms with Crippen molar-refractivity contribution in [3.8, 4) is 0 Å². The van der Waals surface area contributed by atoms with E-state index in [4.69, 9.17) is 0 Å². The van der Waals surface area contributed by atoms with Gasteiger partial charge in [0.2, 0.25) is 0 Å². The van der Waals surface area contributed by atoms with Crippen LogP contribution in [0.15, 0.2) is 79.3 Å². The Kier molecular flexibility index (Phi) is 5.33. The van der Waals surface area contributed by atoms with Crippen molar-refractivity contribution in [1.29, 1.82) is 0 Å². The highest BCUT2D eigenvalue weighted by molar-refractivity contribution is 6.03. The Balaban J connectivity index is 1.36. The molecule has 2 heterocycles. The molecule has 9 heteroatoms. The first kappa shape index (κ1) is 19.1. The van der Waals surface area contributed by atoms with Gasteiger partial charge in [0.05, 0.1) is 18.0 Å². The maximum Gasteiger partial charge on any atom is 0.307 e. The molecule has 1 N–H and O–H groups in total. The average Bonchev–Trinajstić information content (AvgIpc) is 3.39. The molecule has 0 spiro atoms. The van der Waals surface area contributed by atoms with Crippen LogP contribution in [0.2, 0.25) is 0 Å². The molecule has 2 aromatic carbocycles. The summed E-state index contributed by atoms with van der Waals surface area (Å²) in [6.45, 7) is 0.997. The lowest BCUT2D eigenvalue weighted by Crippen LogP contribution is -2.13. The number of nitro groups is 1. The number of aromatic nitrogens is 4. The van der Waals surface area contributed by atoms with Crippen molar-refractivity contribution in [2.45, 2.75) is 13.1 Å². The van der Waals surface area contributed by atoms with Gasteiger partial charge in [-0.3, -0.25) is 24.3 Å². The molecule has 0 aliphatic carbocycles. The molecule has 0 aliphatic heterocycles. The summed E-state index contributed by atoms with van der Waals surface area (Å²) < 4.78 is 3.24. The Labute approximate surface area is 171 Å². The van der Waals surface area contributed by atoms with E-state index in [-0.39, 0.29) is 11.6 Å². The number of hydrogen-bond donors (Lipinski definition) is 1. The van der Waals surface area contributed by atoms with Crippen LogP contribution in [-0.4, -0.2) is 30.4 Å². The summed E-state index contributed by atoms with van der Waals surface area (Å²) >= 11 is 0. The summed E-state index contributed by atoms with van der Waals surface area (Å²) in [5.41, 5.74) is 2.42. The average molecular weight is 402 g/mol. The first-order valence-electron chi connectivity index (χ1n) is 9.21. The van der Waals surface area contributed by atoms with Gasteiger partial charge in [0.15, 0.2) is 5.82 Å². The second-order valence-electron chi connectivity index (χ2n) is 6.69. The number of amides is 1. The Hall–Kier alpha value is -4.27. The topological polar surface area (TPSA) is 108 Å². The van der Waals surface area contributed by atoms with Gasteiger partial charge >= 0.3 is 5.69 Å². The fourth-order valence-electron chi connectivity index (χ4n) is 2.96. The van der Waals surface area contributed by atoms with Crippen molar-refractivity contribution >= 4 is 17.4 Å². The lowest BCUT2D eigenvalue weighted by atomic mass is 10.1. The second kappa shape index (κ2) is 8.39. The van der Waals surface area contributed by atoms with E-state index in [1.807, 2.05) is 36.5 Å². The Morgan fingerprint density at radius 3 is 2.37 bits per heavy atom. The molecule has 0 aliphatic rings. The van der Waals surface area contributed by atoms with E-state index in [1.165, 1.54) is 17.1 Å². The molecule has 4 aromatic rings. The van der Waals surface area contributed by atoms with Gasteiger partial charge in [0.25, 0.3) is 5.91 Å². The van der Waals surface area contributed by atoms with E-state index in [1.54, 1.807) is 35.0 Å². The Morgan fingerprint density at radius 1 is 0.967 bits per heavy atom. The Morgan fingerprint density at radius 2 is 1.67 bits per heavy atom. The lowest BCUT2D eigenvalue weighted by molar-refractivity contribution is -0.385. The van der Waals surface area contributed by atoms with Crippen molar-refractivity contribution < 1.29 is 9.72 Å². The first-order chi connectivity index (χ1) is 14.6. The zero-order valence-electron chi connectivity index (χ0n) is 15.9. The first-order valence-corrected chi connectivity index (χ1v) is 9.21. The predicted molar refractivity (Wildman–Crippen MR) is 110 cm³/mol. The lowest BCUT2D eigenvalue weighted by Gasteiger charge is -2.05. The number of benzene rings is 2. The van der Waals surface area contributed by atoms with Crippen LogP contribution in [0.5, 0.6) is 0 Å². The van der Waals surface area contributed by atoms with Gasteiger partial charge < -0.3 is 5.32 Å². The minimum Gasteiger partial charge on any atom is -0.305 e. The van der Waals surface area contributed by atoms with Crippen LogP contribution >= 0.6 is 0 Å². The molecule has 1 amide bonds. The van der Waals surface area contributed by atoms with Gasteiger partial charge in [-0.15, -0.1) is 0 Å². The normalized spacial score (nSPS) is 10.7. The predicted octanol–water partition coefficient (Wildman–Crippen LogP) is 3.34. The van der Waals surface area contributed by atoms with Crippen LogP contribution in [0.4, 0.5) is 11.5 Å². The molecule has 150 valence electrons. The zero-order valence-corrected chi connectivity index (χ0v) is 15.9. The molecule has 9 nitrogen and oxygen atoms in total. The Bertz CT molecular complexity index is 1160. The molecule has 0 saturated carbocycles. The van der Waals surface area contributed by atoms with Gasteiger partial charge in [-0.2, -0.15) is 10.2 Å². The van der Waals surface area contributed by atoms with E-state index < -0.39 is 4.92 Å². The fourth-order valence-corrected chi connectivity index (χ4v) is 2.96. The molecular weight excluding hydrogens is 384 g/mol. The number of hydrogen-bond acceptors (Lipinski definition) is 5. The third-order valence-corrected chi connectivity index (χ3v) is 4.46. The van der Waals surface area contributed by atoms with Gasteiger partial charge in [0, 0.05) is 17.8 Å².